The maximum Gasteiger partial charge on any atom is 0.246 e. The second-order valence-electron chi connectivity index (χ2n) is 11.4. The minimum atomic E-state index is 0.123. The van der Waals surface area contributed by atoms with Crippen LogP contribution in [-0.4, -0.2) is 28.9 Å². The molecule has 1 amide bonds. The molecule has 2 heterocycles. The third kappa shape index (κ3) is 3.22. The molecule has 2 aromatic rings. The van der Waals surface area contributed by atoms with Crippen molar-refractivity contribution in [2.45, 2.75) is 64.3 Å². The van der Waals surface area contributed by atoms with Crippen LogP contribution in [-0.2, 0) is 4.79 Å². The van der Waals surface area contributed by atoms with Crippen molar-refractivity contribution >= 4 is 28.1 Å². The van der Waals surface area contributed by atoms with E-state index in [-0.39, 0.29) is 11.3 Å². The minimum absolute atomic E-state index is 0.123. The van der Waals surface area contributed by atoms with Crippen LogP contribution in [0, 0.1) is 28.6 Å². The lowest BCUT2D eigenvalue weighted by Crippen LogP contribution is -2.59. The average molecular weight is 462 g/mol. The lowest BCUT2D eigenvalue weighted by atomic mass is 9.47. The quantitative estimate of drug-likeness (QED) is 0.559. The van der Waals surface area contributed by atoms with E-state index in [4.69, 9.17) is 4.98 Å². The topological polar surface area (TPSA) is 45.2 Å². The molecule has 2 unspecified atom stereocenters. The number of hydrogen-bond acceptors (Lipinski definition) is 4. The standard InChI is InChI=1S/C28H35N3OS/c1-27-15-13-21-19(9-12-24-28(21,2)16-14-25(32)31(24)3)20(27)10-11-22(27)23-17-33-26(30-23)29-18-7-5-4-6-8-18/h4-8,14,16-17,19-22,24H,9-13,15H2,1-3H3,(H,29,30)/t19-,20-,21+,22?,24?,27-,28+/m0/s1. The van der Waals surface area contributed by atoms with Gasteiger partial charge in [-0.15, -0.1) is 11.3 Å². The number of thiazole rings is 1. The van der Waals surface area contributed by atoms with Gasteiger partial charge in [0.2, 0.25) is 5.91 Å². The summed E-state index contributed by atoms with van der Waals surface area (Å²) in [7, 11) is 2.01. The summed E-state index contributed by atoms with van der Waals surface area (Å²) < 4.78 is 0. The number of hydrogen-bond donors (Lipinski definition) is 1. The van der Waals surface area contributed by atoms with Gasteiger partial charge in [0.25, 0.3) is 0 Å². The van der Waals surface area contributed by atoms with E-state index in [9.17, 15) is 4.79 Å². The van der Waals surface area contributed by atoms with E-state index < -0.39 is 0 Å². The van der Waals surface area contributed by atoms with E-state index in [0.717, 1.165) is 29.1 Å². The number of carbonyl (C=O) groups is 1. The lowest BCUT2D eigenvalue weighted by molar-refractivity contribution is -0.138. The van der Waals surface area contributed by atoms with Gasteiger partial charge in [-0.1, -0.05) is 38.1 Å². The molecule has 33 heavy (non-hydrogen) atoms. The highest BCUT2D eigenvalue weighted by Gasteiger charge is 2.60. The van der Waals surface area contributed by atoms with Crippen LogP contribution in [0.5, 0.6) is 0 Å². The van der Waals surface area contributed by atoms with Gasteiger partial charge in [0, 0.05) is 35.5 Å². The molecule has 0 saturated heterocycles. The summed E-state index contributed by atoms with van der Waals surface area (Å²) in [4.78, 5) is 19.4. The number of carbonyl (C=O) groups excluding carboxylic acids is 1. The van der Waals surface area contributed by atoms with Crippen molar-refractivity contribution in [1.29, 1.82) is 0 Å². The van der Waals surface area contributed by atoms with Gasteiger partial charge in [0.1, 0.15) is 0 Å². The zero-order valence-corrected chi connectivity index (χ0v) is 20.8. The summed E-state index contributed by atoms with van der Waals surface area (Å²) in [5, 5.41) is 6.80. The van der Waals surface area contributed by atoms with Crippen LogP contribution < -0.4 is 5.32 Å². The highest BCUT2D eigenvalue weighted by atomic mass is 32.1. The fraction of sp³-hybridized carbons (Fsp3) is 0.571. The fourth-order valence-electron chi connectivity index (χ4n) is 8.37. The Morgan fingerprint density at radius 3 is 2.70 bits per heavy atom. The maximum atomic E-state index is 12.3. The van der Waals surface area contributed by atoms with Gasteiger partial charge in [-0.3, -0.25) is 4.79 Å². The van der Waals surface area contributed by atoms with Crippen LogP contribution in [0.1, 0.15) is 64.0 Å². The average Bonchev–Trinajstić information content (AvgIpc) is 3.41. The molecule has 0 spiro atoms. The molecule has 3 saturated carbocycles. The Morgan fingerprint density at radius 1 is 1.06 bits per heavy atom. The number of amides is 1. The van der Waals surface area contributed by atoms with Gasteiger partial charge in [-0.2, -0.15) is 0 Å². The van der Waals surface area contributed by atoms with Gasteiger partial charge in [-0.25, -0.2) is 4.98 Å². The number of fused-ring (bicyclic) bond motifs is 5. The molecule has 0 radical (unpaired) electrons. The summed E-state index contributed by atoms with van der Waals surface area (Å²) in [6, 6.07) is 10.7. The molecule has 0 bridgehead atoms. The third-order valence-corrected chi connectivity index (χ3v) is 10.8. The van der Waals surface area contributed by atoms with Gasteiger partial charge in [0.05, 0.1) is 5.69 Å². The zero-order valence-electron chi connectivity index (χ0n) is 20.0. The van der Waals surface area contributed by atoms with Crippen LogP contribution in [0.25, 0.3) is 0 Å². The zero-order chi connectivity index (χ0) is 22.8. The molecule has 6 rings (SSSR count). The van der Waals surface area contributed by atoms with E-state index in [1.807, 2.05) is 24.1 Å². The first-order valence-corrected chi connectivity index (χ1v) is 13.5. The molecule has 5 heteroatoms. The number of aromatic nitrogens is 1. The van der Waals surface area contributed by atoms with Crippen LogP contribution in [0.15, 0.2) is 47.9 Å². The second-order valence-corrected chi connectivity index (χ2v) is 12.2. The van der Waals surface area contributed by atoms with E-state index in [1.165, 1.54) is 37.8 Å². The van der Waals surface area contributed by atoms with E-state index in [2.05, 4.69) is 54.9 Å². The molecule has 174 valence electrons. The van der Waals surface area contributed by atoms with Crippen LogP contribution in [0.3, 0.4) is 0 Å². The van der Waals surface area contributed by atoms with Crippen molar-refractivity contribution in [3.63, 3.8) is 0 Å². The monoisotopic (exact) mass is 461 g/mol. The van der Waals surface area contributed by atoms with Gasteiger partial charge >= 0.3 is 0 Å². The number of benzene rings is 1. The Bertz CT molecular complexity index is 1080. The highest BCUT2D eigenvalue weighted by molar-refractivity contribution is 7.13. The van der Waals surface area contributed by atoms with E-state index in [1.54, 1.807) is 11.3 Å². The van der Waals surface area contributed by atoms with Crippen LogP contribution in [0.4, 0.5) is 10.8 Å². The predicted molar refractivity (Wildman–Crippen MR) is 135 cm³/mol. The maximum absolute atomic E-state index is 12.3. The van der Waals surface area contributed by atoms with E-state index >= 15 is 0 Å². The van der Waals surface area contributed by atoms with E-state index in [0.29, 0.717) is 23.3 Å². The first kappa shape index (κ1) is 21.4. The van der Waals surface area contributed by atoms with Crippen LogP contribution >= 0.6 is 11.3 Å². The molecule has 3 aliphatic carbocycles. The molecule has 1 aromatic carbocycles. The summed E-state index contributed by atoms with van der Waals surface area (Å²) >= 11 is 1.74. The van der Waals surface area contributed by atoms with Crippen molar-refractivity contribution in [2.75, 3.05) is 12.4 Å². The Balaban J connectivity index is 1.24. The summed E-state index contributed by atoms with van der Waals surface area (Å²) in [5.74, 6) is 2.96. The SMILES string of the molecule is CN1C(=O)C=C[C@@]2(C)C1CC[C@@H]1[C@H]2CC[C@]2(C)C(c3csc(Nc4ccccc4)n3)CC[C@@H]12. The molecule has 3 fully saturated rings. The van der Waals surface area contributed by atoms with Crippen LogP contribution in [0.2, 0.25) is 0 Å². The number of rotatable bonds is 3. The minimum Gasteiger partial charge on any atom is -0.338 e. The van der Waals surface area contributed by atoms with Crippen molar-refractivity contribution in [3.8, 4) is 0 Å². The first-order chi connectivity index (χ1) is 15.9. The normalized spacial score (nSPS) is 39.7. The fourth-order valence-corrected chi connectivity index (χ4v) is 9.16. The largest absolute Gasteiger partial charge is 0.338 e. The highest BCUT2D eigenvalue weighted by Crippen LogP contribution is 2.67. The Morgan fingerprint density at radius 2 is 1.88 bits per heavy atom. The second kappa shape index (κ2) is 7.69. The van der Waals surface area contributed by atoms with Gasteiger partial charge in [-0.05, 0) is 79.9 Å². The third-order valence-electron chi connectivity index (χ3n) is 10.0. The lowest BCUT2D eigenvalue weighted by Gasteiger charge is -2.60. The smallest absolute Gasteiger partial charge is 0.246 e. The number of nitrogens with zero attached hydrogens (tertiary/aromatic N) is 2. The Kier molecular flexibility index (Phi) is 4.99. The van der Waals surface area contributed by atoms with Crippen molar-refractivity contribution in [3.05, 3.63) is 53.6 Å². The Labute approximate surface area is 201 Å². The number of anilines is 2. The molecule has 4 aliphatic rings. The van der Waals surface area contributed by atoms with Crippen molar-refractivity contribution in [2.24, 2.45) is 28.6 Å². The van der Waals surface area contributed by atoms with Crippen molar-refractivity contribution in [1.82, 2.24) is 9.88 Å². The van der Waals surface area contributed by atoms with Gasteiger partial charge in [0.15, 0.2) is 5.13 Å². The summed E-state index contributed by atoms with van der Waals surface area (Å²) in [5.41, 5.74) is 2.86. The predicted octanol–water partition coefficient (Wildman–Crippen LogP) is 6.61. The Hall–Kier alpha value is -2.14. The molecule has 1 aromatic heterocycles. The number of likely N-dealkylation sites (N-methyl/N-ethyl adjacent to an activating group) is 1. The molecule has 4 nitrogen and oxygen atoms in total. The molecule has 1 N–H and O–H groups in total. The molecule has 1 aliphatic heterocycles. The molecule has 7 atom stereocenters. The number of para-hydroxylation sites is 1. The number of nitrogens with one attached hydrogen (secondary N) is 1. The van der Waals surface area contributed by atoms with Gasteiger partial charge < -0.3 is 10.2 Å². The first-order valence-electron chi connectivity index (χ1n) is 12.6. The molecular formula is C28H35N3OS. The summed E-state index contributed by atoms with van der Waals surface area (Å²) in [6.07, 6.45) is 11.7. The summed E-state index contributed by atoms with van der Waals surface area (Å²) in [6.45, 7) is 5.00. The van der Waals surface area contributed by atoms with Crippen molar-refractivity contribution < 1.29 is 4.79 Å². The molecular weight excluding hydrogens is 426 g/mol.